The van der Waals surface area contributed by atoms with Crippen LogP contribution < -0.4 is 11.2 Å². The van der Waals surface area contributed by atoms with Gasteiger partial charge in [0.1, 0.15) is 0 Å². The number of tetrazole rings is 1. The number of nitrogens with one attached hydrogen (secondary N) is 1. The van der Waals surface area contributed by atoms with Crippen LogP contribution in [0.15, 0.2) is 39.9 Å². The standard InChI is InChI=1S/C19H21ClN8O2/c1-2-9-26-16-15(21-18(20)22-16)17(29)27(19(26)30)10-6-11-28-24-14(23-25-28)12-13-7-4-3-5-8-13/h3-5,7-8H,2,6,9-12H2,1H3,(H,21,22). The molecule has 0 amide bonds. The van der Waals surface area contributed by atoms with Gasteiger partial charge in [-0.05, 0) is 35.2 Å². The average molecular weight is 429 g/mol. The van der Waals surface area contributed by atoms with Crippen LogP contribution in [-0.4, -0.2) is 39.3 Å². The molecule has 156 valence electrons. The minimum absolute atomic E-state index is 0.0851. The van der Waals surface area contributed by atoms with Crippen molar-refractivity contribution in [2.45, 2.75) is 45.8 Å². The molecular weight excluding hydrogens is 408 g/mol. The Bertz CT molecular complexity index is 1270. The third kappa shape index (κ3) is 4.04. The Kier molecular flexibility index (Phi) is 5.75. The van der Waals surface area contributed by atoms with Crippen molar-refractivity contribution in [1.82, 2.24) is 39.3 Å². The average Bonchev–Trinajstić information content (AvgIpc) is 3.35. The maximum absolute atomic E-state index is 12.8. The van der Waals surface area contributed by atoms with E-state index >= 15 is 0 Å². The summed E-state index contributed by atoms with van der Waals surface area (Å²) in [5.41, 5.74) is 0.798. The number of hydrogen-bond acceptors (Lipinski definition) is 6. The summed E-state index contributed by atoms with van der Waals surface area (Å²) in [5.74, 6) is 0.622. The highest BCUT2D eigenvalue weighted by molar-refractivity contribution is 6.28. The third-order valence-corrected chi connectivity index (χ3v) is 4.90. The number of imidazole rings is 1. The summed E-state index contributed by atoms with van der Waals surface area (Å²) < 4.78 is 2.68. The predicted molar refractivity (Wildman–Crippen MR) is 112 cm³/mol. The molecular formula is C19H21ClN8O2. The lowest BCUT2D eigenvalue weighted by atomic mass is 10.1. The fourth-order valence-corrected chi connectivity index (χ4v) is 3.53. The van der Waals surface area contributed by atoms with E-state index in [2.05, 4.69) is 25.4 Å². The van der Waals surface area contributed by atoms with Crippen LogP contribution in [0.3, 0.4) is 0 Å². The fraction of sp³-hybridized carbons (Fsp3) is 0.368. The number of rotatable bonds is 8. The van der Waals surface area contributed by atoms with Gasteiger partial charge in [0.15, 0.2) is 17.0 Å². The van der Waals surface area contributed by atoms with Crippen LogP contribution in [0.4, 0.5) is 0 Å². The third-order valence-electron chi connectivity index (χ3n) is 4.72. The zero-order valence-corrected chi connectivity index (χ0v) is 17.2. The van der Waals surface area contributed by atoms with Gasteiger partial charge in [0.05, 0.1) is 6.54 Å². The molecule has 0 saturated heterocycles. The van der Waals surface area contributed by atoms with Crippen molar-refractivity contribution in [3.63, 3.8) is 0 Å². The molecule has 11 heteroatoms. The van der Waals surface area contributed by atoms with Gasteiger partial charge in [-0.2, -0.15) is 9.78 Å². The van der Waals surface area contributed by atoms with Crippen molar-refractivity contribution < 1.29 is 0 Å². The van der Waals surface area contributed by atoms with E-state index in [1.165, 1.54) is 13.9 Å². The molecule has 0 unspecified atom stereocenters. The van der Waals surface area contributed by atoms with Gasteiger partial charge in [-0.3, -0.25) is 13.9 Å². The second-order valence-corrected chi connectivity index (χ2v) is 7.29. The molecule has 0 aliphatic carbocycles. The quantitative estimate of drug-likeness (QED) is 0.426. The number of aryl methyl sites for hydroxylation is 2. The van der Waals surface area contributed by atoms with Crippen molar-refractivity contribution in [3.05, 3.63) is 67.8 Å². The summed E-state index contributed by atoms with van der Waals surface area (Å²) in [7, 11) is 0. The highest BCUT2D eigenvalue weighted by Gasteiger charge is 2.16. The largest absolute Gasteiger partial charge is 0.332 e. The number of fused-ring (bicyclic) bond motifs is 1. The van der Waals surface area contributed by atoms with E-state index in [4.69, 9.17) is 11.6 Å². The predicted octanol–water partition coefficient (Wildman–Crippen LogP) is 1.62. The van der Waals surface area contributed by atoms with E-state index in [1.807, 2.05) is 37.3 Å². The van der Waals surface area contributed by atoms with Crippen molar-refractivity contribution in [2.75, 3.05) is 0 Å². The molecule has 3 aromatic heterocycles. The summed E-state index contributed by atoms with van der Waals surface area (Å²) in [6, 6.07) is 9.90. The molecule has 30 heavy (non-hydrogen) atoms. The number of halogens is 1. The molecule has 1 aromatic carbocycles. The van der Waals surface area contributed by atoms with Gasteiger partial charge in [0.25, 0.3) is 5.56 Å². The van der Waals surface area contributed by atoms with E-state index < -0.39 is 11.2 Å². The second-order valence-electron chi connectivity index (χ2n) is 6.93. The van der Waals surface area contributed by atoms with Crippen LogP contribution >= 0.6 is 11.6 Å². The van der Waals surface area contributed by atoms with Gasteiger partial charge in [0.2, 0.25) is 5.28 Å². The summed E-state index contributed by atoms with van der Waals surface area (Å²) in [5, 5.41) is 12.6. The number of aromatic nitrogens is 8. The first-order valence-electron chi connectivity index (χ1n) is 9.76. The highest BCUT2D eigenvalue weighted by Crippen LogP contribution is 2.10. The van der Waals surface area contributed by atoms with Crippen molar-refractivity contribution in [3.8, 4) is 0 Å². The van der Waals surface area contributed by atoms with Gasteiger partial charge in [-0.1, -0.05) is 37.3 Å². The Morgan fingerprint density at radius 2 is 1.87 bits per heavy atom. The molecule has 0 saturated carbocycles. The Labute approximate surface area is 176 Å². The van der Waals surface area contributed by atoms with E-state index in [-0.39, 0.29) is 23.0 Å². The molecule has 0 atom stereocenters. The van der Waals surface area contributed by atoms with Crippen LogP contribution in [0.5, 0.6) is 0 Å². The first kappa shape index (κ1) is 20.0. The summed E-state index contributed by atoms with van der Waals surface area (Å²) in [6.45, 7) is 3.06. The molecule has 0 bridgehead atoms. The minimum Gasteiger partial charge on any atom is -0.323 e. The molecule has 0 radical (unpaired) electrons. The van der Waals surface area contributed by atoms with Crippen LogP contribution in [0.1, 0.15) is 31.2 Å². The highest BCUT2D eigenvalue weighted by atomic mass is 35.5. The Balaban J connectivity index is 1.49. The first-order chi connectivity index (χ1) is 14.6. The lowest BCUT2D eigenvalue weighted by Gasteiger charge is -2.10. The summed E-state index contributed by atoms with van der Waals surface area (Å²) in [4.78, 5) is 33.9. The number of hydrogen-bond donors (Lipinski definition) is 1. The minimum atomic E-state index is -0.432. The Morgan fingerprint density at radius 1 is 1.07 bits per heavy atom. The zero-order chi connectivity index (χ0) is 21.1. The number of aromatic amines is 1. The second kappa shape index (κ2) is 8.62. The van der Waals surface area contributed by atoms with Crippen LogP contribution in [-0.2, 0) is 26.1 Å². The smallest absolute Gasteiger partial charge is 0.323 e. The molecule has 0 aliphatic rings. The Morgan fingerprint density at radius 3 is 2.63 bits per heavy atom. The SMILES string of the molecule is CCCn1c(=O)n(CCCn2nnc(Cc3ccccc3)n2)c(=O)c2[nH]c(Cl)nc21. The van der Waals surface area contributed by atoms with E-state index in [9.17, 15) is 9.59 Å². The van der Waals surface area contributed by atoms with Gasteiger partial charge >= 0.3 is 5.69 Å². The molecule has 0 spiro atoms. The topological polar surface area (TPSA) is 116 Å². The molecule has 4 aromatic rings. The summed E-state index contributed by atoms with van der Waals surface area (Å²) >= 11 is 5.92. The van der Waals surface area contributed by atoms with E-state index in [1.54, 1.807) is 0 Å². The molecule has 4 rings (SSSR count). The number of nitrogens with zero attached hydrogens (tertiary/aromatic N) is 7. The number of H-pyrrole nitrogens is 1. The maximum atomic E-state index is 12.8. The lowest BCUT2D eigenvalue weighted by molar-refractivity contribution is 0.453. The molecule has 1 N–H and O–H groups in total. The molecule has 0 aliphatic heterocycles. The van der Waals surface area contributed by atoms with Crippen LogP contribution in [0.2, 0.25) is 5.28 Å². The van der Waals surface area contributed by atoms with E-state index in [0.29, 0.717) is 31.8 Å². The van der Waals surface area contributed by atoms with Crippen LogP contribution in [0, 0.1) is 0 Å². The van der Waals surface area contributed by atoms with Crippen LogP contribution in [0.25, 0.3) is 11.2 Å². The lowest BCUT2D eigenvalue weighted by Crippen LogP contribution is -2.40. The summed E-state index contributed by atoms with van der Waals surface area (Å²) in [6.07, 6.45) is 1.82. The van der Waals surface area contributed by atoms with Crippen molar-refractivity contribution in [1.29, 1.82) is 0 Å². The van der Waals surface area contributed by atoms with Gasteiger partial charge < -0.3 is 4.98 Å². The molecule has 3 heterocycles. The first-order valence-corrected chi connectivity index (χ1v) is 10.1. The number of benzene rings is 1. The van der Waals surface area contributed by atoms with E-state index in [0.717, 1.165) is 12.0 Å². The van der Waals surface area contributed by atoms with Gasteiger partial charge in [-0.25, -0.2) is 4.79 Å². The maximum Gasteiger partial charge on any atom is 0.332 e. The van der Waals surface area contributed by atoms with Crippen molar-refractivity contribution in [2.24, 2.45) is 0 Å². The monoisotopic (exact) mass is 428 g/mol. The molecule has 0 fully saturated rings. The normalized spacial score (nSPS) is 11.4. The molecule has 10 nitrogen and oxygen atoms in total. The van der Waals surface area contributed by atoms with Gasteiger partial charge in [0, 0.05) is 19.5 Å². The fourth-order valence-electron chi connectivity index (χ4n) is 3.35. The van der Waals surface area contributed by atoms with Crippen molar-refractivity contribution >= 4 is 22.8 Å². The Hall–Kier alpha value is -3.27. The zero-order valence-electron chi connectivity index (χ0n) is 16.5. The van der Waals surface area contributed by atoms with Gasteiger partial charge in [-0.15, -0.1) is 10.2 Å².